The van der Waals surface area contributed by atoms with Gasteiger partial charge in [-0.05, 0) is 6.42 Å². The number of aromatic nitrogens is 2. The molecule has 0 aliphatic carbocycles. The Balaban J connectivity index is 2.64. The third-order valence-corrected chi connectivity index (χ3v) is 1.65. The van der Waals surface area contributed by atoms with Gasteiger partial charge in [-0.3, -0.25) is 4.79 Å². The van der Waals surface area contributed by atoms with Crippen molar-refractivity contribution in [2.75, 3.05) is 0 Å². The van der Waals surface area contributed by atoms with Crippen molar-refractivity contribution in [2.45, 2.75) is 25.7 Å². The molecule has 0 atom stereocenters. The minimum atomic E-state index is -3.01. The summed E-state index contributed by atoms with van der Waals surface area (Å²) in [4.78, 5) is 16.0. The lowest BCUT2D eigenvalue weighted by Gasteiger charge is -2.04. The van der Waals surface area contributed by atoms with Crippen LogP contribution in [0.1, 0.15) is 24.9 Å². The van der Waals surface area contributed by atoms with Crippen molar-refractivity contribution in [3.8, 4) is 0 Å². The van der Waals surface area contributed by atoms with Crippen LogP contribution in [0.2, 0.25) is 0 Å². The van der Waals surface area contributed by atoms with Gasteiger partial charge in [-0.25, -0.2) is 4.98 Å². The van der Waals surface area contributed by atoms with Gasteiger partial charge in [0.25, 0.3) is 0 Å². The molecule has 0 unspecified atom stereocenters. The number of halogens is 2. The number of carbonyl (C=O) groups is 1. The predicted molar refractivity (Wildman–Crippen MR) is 44.1 cm³/mol. The zero-order chi connectivity index (χ0) is 10.8. The number of rotatable bonds is 4. The van der Waals surface area contributed by atoms with Gasteiger partial charge in [0.05, 0.1) is 6.42 Å². The van der Waals surface area contributed by atoms with Gasteiger partial charge in [-0.1, -0.05) is 0 Å². The van der Waals surface area contributed by atoms with E-state index < -0.39 is 17.7 Å². The van der Waals surface area contributed by atoms with Crippen LogP contribution < -0.4 is 0 Å². The Morgan fingerprint density at radius 3 is 2.79 bits per heavy atom. The van der Waals surface area contributed by atoms with Crippen LogP contribution in [0.15, 0.2) is 6.20 Å². The maximum atomic E-state index is 12.7. The summed E-state index contributed by atoms with van der Waals surface area (Å²) in [7, 11) is 0. The molecule has 0 fully saturated rings. The summed E-state index contributed by atoms with van der Waals surface area (Å²) in [6.45, 7) is 0.729. The lowest BCUT2D eigenvalue weighted by atomic mass is 10.2. The van der Waals surface area contributed by atoms with Crippen LogP contribution in [-0.2, 0) is 17.1 Å². The van der Waals surface area contributed by atoms with Crippen molar-refractivity contribution < 1.29 is 18.7 Å². The van der Waals surface area contributed by atoms with E-state index in [2.05, 4.69) is 9.97 Å². The minimum Gasteiger partial charge on any atom is -0.481 e. The van der Waals surface area contributed by atoms with Gasteiger partial charge in [0.15, 0.2) is 5.82 Å². The molecule has 78 valence electrons. The van der Waals surface area contributed by atoms with E-state index in [9.17, 15) is 13.6 Å². The second-order valence-corrected chi connectivity index (χ2v) is 3.04. The standard InChI is InChI=1S/C8H10F2N2O2/c1-8(9,10)7-11-4-5(12-7)2-3-6(13)14/h4H,2-3H2,1H3,(H,11,12)(H,13,14). The highest BCUT2D eigenvalue weighted by molar-refractivity contribution is 5.66. The molecule has 1 aromatic rings. The Morgan fingerprint density at radius 1 is 1.71 bits per heavy atom. The highest BCUT2D eigenvalue weighted by Gasteiger charge is 2.27. The molecule has 1 rings (SSSR count). The molecule has 0 aliphatic rings. The number of hydrogen-bond donors (Lipinski definition) is 2. The summed E-state index contributed by atoms with van der Waals surface area (Å²) in [6, 6.07) is 0. The van der Waals surface area contributed by atoms with E-state index in [0.29, 0.717) is 5.69 Å². The largest absolute Gasteiger partial charge is 0.481 e. The first-order valence-corrected chi connectivity index (χ1v) is 4.03. The molecule has 0 aliphatic heterocycles. The number of H-pyrrole nitrogens is 1. The topological polar surface area (TPSA) is 66.0 Å². The molecule has 0 bridgehead atoms. The van der Waals surface area contributed by atoms with E-state index in [0.717, 1.165) is 6.92 Å². The zero-order valence-corrected chi connectivity index (χ0v) is 7.55. The second-order valence-electron chi connectivity index (χ2n) is 3.04. The molecular formula is C8H10F2N2O2. The maximum absolute atomic E-state index is 12.7. The smallest absolute Gasteiger partial charge is 0.303 e. The van der Waals surface area contributed by atoms with Gasteiger partial charge >= 0.3 is 11.9 Å². The van der Waals surface area contributed by atoms with Crippen LogP contribution in [-0.4, -0.2) is 21.0 Å². The van der Waals surface area contributed by atoms with Crippen LogP contribution >= 0.6 is 0 Å². The molecular weight excluding hydrogens is 194 g/mol. The summed E-state index contributed by atoms with van der Waals surface area (Å²) in [6.07, 6.45) is 1.31. The van der Waals surface area contributed by atoms with Crippen LogP contribution in [0.4, 0.5) is 8.78 Å². The van der Waals surface area contributed by atoms with Gasteiger partial charge in [-0.2, -0.15) is 8.78 Å². The van der Waals surface area contributed by atoms with Crippen molar-refractivity contribution in [3.05, 3.63) is 17.7 Å². The summed E-state index contributed by atoms with van der Waals surface area (Å²) in [5, 5.41) is 8.36. The molecule has 0 aromatic carbocycles. The Kier molecular flexibility index (Phi) is 2.83. The first-order chi connectivity index (χ1) is 6.39. The number of alkyl halides is 2. The fourth-order valence-electron chi connectivity index (χ4n) is 0.951. The lowest BCUT2D eigenvalue weighted by Crippen LogP contribution is -2.09. The summed E-state index contributed by atoms with van der Waals surface area (Å²) < 4.78 is 25.3. The van der Waals surface area contributed by atoms with Gasteiger partial charge < -0.3 is 10.1 Å². The van der Waals surface area contributed by atoms with Crippen molar-refractivity contribution in [1.82, 2.24) is 9.97 Å². The fourth-order valence-corrected chi connectivity index (χ4v) is 0.951. The quantitative estimate of drug-likeness (QED) is 0.781. The third-order valence-electron chi connectivity index (χ3n) is 1.65. The normalized spacial score (nSPS) is 11.6. The fraction of sp³-hybridized carbons (Fsp3) is 0.500. The maximum Gasteiger partial charge on any atom is 0.303 e. The van der Waals surface area contributed by atoms with Crippen molar-refractivity contribution in [3.63, 3.8) is 0 Å². The average molecular weight is 204 g/mol. The van der Waals surface area contributed by atoms with Crippen LogP contribution in [0, 0.1) is 0 Å². The van der Waals surface area contributed by atoms with Gasteiger partial charge in [0.2, 0.25) is 0 Å². The molecule has 0 saturated carbocycles. The summed E-state index contributed by atoms with van der Waals surface area (Å²) in [5.74, 6) is -4.41. The van der Waals surface area contributed by atoms with E-state index >= 15 is 0 Å². The predicted octanol–water partition coefficient (Wildman–Crippen LogP) is 1.54. The third kappa shape index (κ3) is 2.79. The van der Waals surface area contributed by atoms with E-state index in [-0.39, 0.29) is 12.8 Å². The highest BCUT2D eigenvalue weighted by Crippen LogP contribution is 2.23. The molecule has 0 amide bonds. The molecule has 0 spiro atoms. The SMILES string of the molecule is CC(F)(F)c1ncc(CCC(=O)O)[nH]1. The number of carboxylic acids is 1. The molecule has 2 N–H and O–H groups in total. The number of aryl methyl sites for hydroxylation is 1. The van der Waals surface area contributed by atoms with E-state index in [1.54, 1.807) is 0 Å². The average Bonchev–Trinajstić information content (AvgIpc) is 2.47. The number of nitrogens with one attached hydrogen (secondary N) is 1. The molecule has 0 saturated heterocycles. The summed E-state index contributed by atoms with van der Waals surface area (Å²) in [5.41, 5.74) is 0.406. The monoisotopic (exact) mass is 204 g/mol. The van der Waals surface area contributed by atoms with Crippen molar-refractivity contribution in [1.29, 1.82) is 0 Å². The van der Waals surface area contributed by atoms with E-state index in [1.165, 1.54) is 6.20 Å². The van der Waals surface area contributed by atoms with Crippen molar-refractivity contribution >= 4 is 5.97 Å². The molecule has 4 nitrogen and oxygen atoms in total. The first-order valence-electron chi connectivity index (χ1n) is 4.03. The van der Waals surface area contributed by atoms with Crippen LogP contribution in [0.5, 0.6) is 0 Å². The van der Waals surface area contributed by atoms with Crippen molar-refractivity contribution in [2.24, 2.45) is 0 Å². The molecule has 6 heteroatoms. The zero-order valence-electron chi connectivity index (χ0n) is 7.55. The van der Waals surface area contributed by atoms with Crippen LogP contribution in [0.25, 0.3) is 0 Å². The van der Waals surface area contributed by atoms with E-state index in [1.807, 2.05) is 0 Å². The number of carboxylic acid groups (broad SMARTS) is 1. The Labute approximate surface area is 79.0 Å². The Hall–Kier alpha value is -1.46. The summed E-state index contributed by atoms with van der Waals surface area (Å²) >= 11 is 0. The molecule has 1 heterocycles. The number of hydrogen-bond acceptors (Lipinski definition) is 2. The highest BCUT2D eigenvalue weighted by atomic mass is 19.3. The Bertz CT molecular complexity index is 330. The van der Waals surface area contributed by atoms with Crippen LogP contribution in [0.3, 0.4) is 0 Å². The lowest BCUT2D eigenvalue weighted by molar-refractivity contribution is -0.136. The second kappa shape index (κ2) is 3.73. The van der Waals surface area contributed by atoms with Gasteiger partial charge in [-0.15, -0.1) is 0 Å². The molecule has 14 heavy (non-hydrogen) atoms. The number of nitrogens with zero attached hydrogens (tertiary/aromatic N) is 1. The number of aromatic amines is 1. The number of imidazole rings is 1. The van der Waals surface area contributed by atoms with Gasteiger partial charge in [0.1, 0.15) is 0 Å². The molecule has 0 radical (unpaired) electrons. The molecule has 1 aromatic heterocycles. The minimum absolute atomic E-state index is 0.100. The Morgan fingerprint density at radius 2 is 2.36 bits per heavy atom. The van der Waals surface area contributed by atoms with Gasteiger partial charge in [0, 0.05) is 18.8 Å². The number of aliphatic carboxylic acids is 1. The van der Waals surface area contributed by atoms with E-state index in [4.69, 9.17) is 5.11 Å². The first kappa shape index (κ1) is 10.6.